The molecule has 4 rings (SSSR count). The zero-order valence-electron chi connectivity index (χ0n) is 15.3. The third-order valence-electron chi connectivity index (χ3n) is 4.34. The van der Waals surface area contributed by atoms with Crippen molar-refractivity contribution in [3.8, 4) is 16.9 Å². The molecule has 0 saturated carbocycles. The van der Waals surface area contributed by atoms with E-state index in [2.05, 4.69) is 44.4 Å². The van der Waals surface area contributed by atoms with E-state index in [9.17, 15) is 0 Å². The van der Waals surface area contributed by atoms with Gasteiger partial charge in [-0.25, -0.2) is 0 Å². The van der Waals surface area contributed by atoms with Gasteiger partial charge in [-0.1, -0.05) is 72.3 Å². The Morgan fingerprint density at radius 3 is 2.18 bits per heavy atom. The van der Waals surface area contributed by atoms with Crippen molar-refractivity contribution in [2.45, 2.75) is 6.92 Å². The fourth-order valence-electron chi connectivity index (χ4n) is 2.88. The maximum Gasteiger partial charge on any atom is 0.215 e. The molecule has 0 saturated heterocycles. The molecule has 1 heterocycles. The van der Waals surface area contributed by atoms with Crippen LogP contribution in [0.25, 0.3) is 16.9 Å². The molecule has 0 atom stereocenters. The third-order valence-corrected chi connectivity index (χ3v) is 5.41. The predicted octanol–water partition coefficient (Wildman–Crippen LogP) is 6.18. The maximum atomic E-state index is 5.97. The molecular formula is C23H18ClN3S. The number of thiazole rings is 1. The molecule has 5 heteroatoms. The summed E-state index contributed by atoms with van der Waals surface area (Å²) in [4.78, 5) is 0.818. The fraction of sp³-hybridized carbons (Fsp3) is 0.0435. The van der Waals surface area contributed by atoms with Crippen molar-refractivity contribution in [2.75, 3.05) is 0 Å². The Hall–Kier alpha value is -2.95. The van der Waals surface area contributed by atoms with Gasteiger partial charge in [-0.2, -0.15) is 5.10 Å². The van der Waals surface area contributed by atoms with E-state index in [1.165, 1.54) is 0 Å². The molecule has 28 heavy (non-hydrogen) atoms. The Bertz CT molecular complexity index is 1160. The van der Waals surface area contributed by atoms with Gasteiger partial charge in [0.1, 0.15) is 0 Å². The Kier molecular flexibility index (Phi) is 5.51. The van der Waals surface area contributed by atoms with Crippen LogP contribution < -0.4 is 4.80 Å². The van der Waals surface area contributed by atoms with Crippen molar-refractivity contribution in [3.05, 3.63) is 106 Å². The van der Waals surface area contributed by atoms with E-state index in [1.807, 2.05) is 67.6 Å². The van der Waals surface area contributed by atoms with Gasteiger partial charge in [0.2, 0.25) is 4.80 Å². The summed E-state index contributed by atoms with van der Waals surface area (Å²) < 4.78 is 2.14. The quantitative estimate of drug-likeness (QED) is 0.287. The van der Waals surface area contributed by atoms with Crippen molar-refractivity contribution in [2.24, 2.45) is 10.2 Å². The number of hydrogen-bond acceptors (Lipinski definition) is 3. The van der Waals surface area contributed by atoms with Crippen molar-refractivity contribution in [1.82, 2.24) is 4.57 Å². The minimum atomic E-state index is 0.709. The molecule has 3 nitrogen and oxygen atoms in total. The van der Waals surface area contributed by atoms with Gasteiger partial charge >= 0.3 is 0 Å². The number of benzene rings is 3. The van der Waals surface area contributed by atoms with E-state index in [-0.39, 0.29) is 0 Å². The summed E-state index contributed by atoms with van der Waals surface area (Å²) in [5.74, 6) is 0. The van der Waals surface area contributed by atoms with Gasteiger partial charge in [-0.3, -0.25) is 4.57 Å². The highest BCUT2D eigenvalue weighted by atomic mass is 35.5. The molecule has 3 aromatic carbocycles. The summed E-state index contributed by atoms with van der Waals surface area (Å²) >= 11 is 7.55. The van der Waals surface area contributed by atoms with Crippen LogP contribution in [0.5, 0.6) is 0 Å². The molecular weight excluding hydrogens is 386 g/mol. The summed E-state index contributed by atoms with van der Waals surface area (Å²) in [7, 11) is 0. The molecule has 0 N–H and O–H groups in total. The molecule has 0 aliphatic rings. The van der Waals surface area contributed by atoms with Gasteiger partial charge < -0.3 is 0 Å². The van der Waals surface area contributed by atoms with E-state index < -0.39 is 0 Å². The molecule has 1 aromatic heterocycles. The Morgan fingerprint density at radius 2 is 1.50 bits per heavy atom. The zero-order chi connectivity index (χ0) is 19.3. The van der Waals surface area contributed by atoms with Crippen molar-refractivity contribution in [3.63, 3.8) is 0 Å². The second-order valence-corrected chi connectivity index (χ2v) is 7.51. The van der Waals surface area contributed by atoms with Crippen LogP contribution in [0.3, 0.4) is 0 Å². The van der Waals surface area contributed by atoms with E-state index in [4.69, 9.17) is 11.6 Å². The monoisotopic (exact) mass is 403 g/mol. The fourth-order valence-corrected chi connectivity index (χ4v) is 3.87. The molecule has 4 aromatic rings. The Labute approximate surface area is 172 Å². The van der Waals surface area contributed by atoms with Gasteiger partial charge in [0.05, 0.1) is 11.4 Å². The minimum absolute atomic E-state index is 0.709. The summed E-state index contributed by atoms with van der Waals surface area (Å²) in [6.07, 6.45) is 0. The molecule has 0 spiro atoms. The smallest absolute Gasteiger partial charge is 0.215 e. The summed E-state index contributed by atoms with van der Waals surface area (Å²) in [6, 6.07) is 28.2. The van der Waals surface area contributed by atoms with Crippen molar-refractivity contribution < 1.29 is 0 Å². The Balaban J connectivity index is 1.83. The van der Waals surface area contributed by atoms with Gasteiger partial charge in [-0.15, -0.1) is 16.4 Å². The average molecular weight is 404 g/mol. The van der Waals surface area contributed by atoms with Crippen LogP contribution in [-0.4, -0.2) is 10.3 Å². The lowest BCUT2D eigenvalue weighted by Crippen LogP contribution is -2.13. The highest BCUT2D eigenvalue weighted by Gasteiger charge is 2.09. The first-order valence-corrected chi connectivity index (χ1v) is 10.1. The molecule has 138 valence electrons. The van der Waals surface area contributed by atoms with E-state index in [0.717, 1.165) is 33.0 Å². The van der Waals surface area contributed by atoms with Crippen LogP contribution in [0.15, 0.2) is 101 Å². The average Bonchev–Trinajstić information content (AvgIpc) is 3.18. The minimum Gasteiger partial charge on any atom is -0.284 e. The SMILES string of the molecule is C/C(=N\N=c1\scc(-c2ccccc2)n1-c1ccccc1)c1ccc(Cl)cc1. The van der Waals surface area contributed by atoms with Gasteiger partial charge in [0.25, 0.3) is 0 Å². The Morgan fingerprint density at radius 1 is 0.857 bits per heavy atom. The molecule has 0 radical (unpaired) electrons. The van der Waals surface area contributed by atoms with Gasteiger partial charge in [0, 0.05) is 16.1 Å². The lowest BCUT2D eigenvalue weighted by atomic mass is 10.1. The molecule has 0 amide bonds. The maximum absolute atomic E-state index is 5.97. The normalized spacial score (nSPS) is 12.4. The van der Waals surface area contributed by atoms with Gasteiger partial charge in [0.15, 0.2) is 0 Å². The first kappa shape index (κ1) is 18.4. The van der Waals surface area contributed by atoms with Crippen LogP contribution in [0.1, 0.15) is 12.5 Å². The van der Waals surface area contributed by atoms with Crippen LogP contribution >= 0.6 is 22.9 Å². The zero-order valence-corrected chi connectivity index (χ0v) is 16.9. The van der Waals surface area contributed by atoms with E-state index >= 15 is 0 Å². The first-order chi connectivity index (χ1) is 13.7. The number of aromatic nitrogens is 1. The number of nitrogens with zero attached hydrogens (tertiary/aromatic N) is 3. The largest absolute Gasteiger partial charge is 0.284 e. The predicted molar refractivity (Wildman–Crippen MR) is 118 cm³/mol. The lowest BCUT2D eigenvalue weighted by Gasteiger charge is -2.08. The van der Waals surface area contributed by atoms with Crippen LogP contribution in [0.4, 0.5) is 0 Å². The highest BCUT2D eigenvalue weighted by molar-refractivity contribution is 7.07. The van der Waals surface area contributed by atoms with E-state index in [1.54, 1.807) is 11.3 Å². The summed E-state index contributed by atoms with van der Waals surface area (Å²) in [5, 5.41) is 11.9. The summed E-state index contributed by atoms with van der Waals surface area (Å²) in [5.41, 5.74) is 5.13. The molecule has 0 aliphatic heterocycles. The highest BCUT2D eigenvalue weighted by Crippen LogP contribution is 2.23. The number of halogens is 1. The third kappa shape index (κ3) is 3.98. The topological polar surface area (TPSA) is 29.6 Å². The first-order valence-electron chi connectivity index (χ1n) is 8.88. The van der Waals surface area contributed by atoms with Crippen LogP contribution in [0, 0.1) is 0 Å². The van der Waals surface area contributed by atoms with Gasteiger partial charge in [-0.05, 0) is 42.3 Å². The number of para-hydroxylation sites is 1. The van der Waals surface area contributed by atoms with Crippen molar-refractivity contribution in [1.29, 1.82) is 0 Å². The van der Waals surface area contributed by atoms with Crippen LogP contribution in [0.2, 0.25) is 5.02 Å². The number of hydrogen-bond donors (Lipinski definition) is 0. The van der Waals surface area contributed by atoms with E-state index in [0.29, 0.717) is 5.02 Å². The molecule has 0 bridgehead atoms. The molecule has 0 fully saturated rings. The summed E-state index contributed by atoms with van der Waals surface area (Å²) in [6.45, 7) is 1.95. The second kappa shape index (κ2) is 8.38. The van der Waals surface area contributed by atoms with Crippen molar-refractivity contribution >= 4 is 28.6 Å². The van der Waals surface area contributed by atoms with Crippen LogP contribution in [-0.2, 0) is 0 Å². The second-order valence-electron chi connectivity index (χ2n) is 6.23. The standard InChI is InChI=1S/C23H18ClN3S/c1-17(18-12-14-20(24)15-13-18)25-26-23-27(21-10-6-3-7-11-21)22(16-28-23)19-8-4-2-5-9-19/h2-16H,1H3/b25-17+,26-23+. The molecule has 0 unspecified atom stereocenters. The number of rotatable bonds is 4. The molecule has 0 aliphatic carbocycles. The lowest BCUT2D eigenvalue weighted by molar-refractivity contribution is 0.970.